The molecular weight excluding hydrogens is 440 g/mol. The van der Waals surface area contributed by atoms with E-state index in [1.54, 1.807) is 24.5 Å². The molecule has 0 amide bonds. The molecule has 2 aromatic heterocycles. The summed E-state index contributed by atoms with van der Waals surface area (Å²) < 4.78 is 33.9. The van der Waals surface area contributed by atoms with Crippen LogP contribution in [0.3, 0.4) is 0 Å². The highest BCUT2D eigenvalue weighted by Gasteiger charge is 2.14. The largest absolute Gasteiger partial charge is 0.383 e. The zero-order valence-corrected chi connectivity index (χ0v) is 18.9. The number of anilines is 2. The molecule has 11 heteroatoms. The van der Waals surface area contributed by atoms with Gasteiger partial charge in [0.25, 0.3) is 0 Å². The second-order valence-corrected chi connectivity index (χ2v) is 8.68. The second-order valence-electron chi connectivity index (χ2n) is 6.65. The molecule has 2 heterocycles. The summed E-state index contributed by atoms with van der Waals surface area (Å²) in [6.07, 6.45) is 4.36. The molecule has 166 valence electrons. The standard InChI is InChI=1S/C20H25ClN6O3S/c1-3-11-27-18(14-23-19(27)13-21)17-8-9-22-20(26-17)25-15-4-6-16(7-5-15)31(28,29)24-10-12-30-2/h4-9,14,24H,3,10-13H2,1-2H3,(H,22,25,26). The first kappa shape index (κ1) is 23.1. The van der Waals surface area contributed by atoms with E-state index < -0.39 is 10.0 Å². The summed E-state index contributed by atoms with van der Waals surface area (Å²) in [5.74, 6) is 1.51. The smallest absolute Gasteiger partial charge is 0.240 e. The fourth-order valence-corrected chi connectivity index (χ4v) is 4.19. The predicted octanol–water partition coefficient (Wildman–Crippen LogP) is 3.16. The minimum Gasteiger partial charge on any atom is -0.383 e. The van der Waals surface area contributed by atoms with Crippen LogP contribution in [0.4, 0.5) is 11.6 Å². The zero-order valence-electron chi connectivity index (χ0n) is 17.4. The molecule has 0 bridgehead atoms. The van der Waals surface area contributed by atoms with E-state index in [0.29, 0.717) is 24.1 Å². The third-order valence-corrected chi connectivity index (χ3v) is 6.16. The lowest BCUT2D eigenvalue weighted by Gasteiger charge is -2.11. The summed E-state index contributed by atoms with van der Waals surface area (Å²) in [5, 5.41) is 3.10. The number of rotatable bonds is 11. The van der Waals surface area contributed by atoms with Gasteiger partial charge in [0.1, 0.15) is 5.82 Å². The van der Waals surface area contributed by atoms with Crippen molar-refractivity contribution in [1.82, 2.24) is 24.2 Å². The molecule has 3 rings (SSSR count). The Morgan fingerprint density at radius 1 is 1.16 bits per heavy atom. The second kappa shape index (κ2) is 10.7. The number of nitrogens with zero attached hydrogens (tertiary/aromatic N) is 4. The molecule has 0 radical (unpaired) electrons. The molecule has 0 unspecified atom stereocenters. The molecule has 0 aliphatic heterocycles. The number of hydrogen-bond acceptors (Lipinski definition) is 7. The quantitative estimate of drug-likeness (QED) is 0.331. The van der Waals surface area contributed by atoms with Gasteiger partial charge in [-0.25, -0.2) is 28.1 Å². The van der Waals surface area contributed by atoms with E-state index >= 15 is 0 Å². The van der Waals surface area contributed by atoms with Crippen molar-refractivity contribution in [1.29, 1.82) is 0 Å². The van der Waals surface area contributed by atoms with E-state index in [4.69, 9.17) is 16.3 Å². The van der Waals surface area contributed by atoms with Crippen LogP contribution >= 0.6 is 11.6 Å². The molecule has 3 aromatic rings. The van der Waals surface area contributed by atoms with Gasteiger partial charge >= 0.3 is 0 Å². The van der Waals surface area contributed by atoms with Crippen LogP contribution in [0, 0.1) is 0 Å². The summed E-state index contributed by atoms with van der Waals surface area (Å²) in [7, 11) is -2.07. The maximum atomic E-state index is 12.3. The lowest BCUT2D eigenvalue weighted by atomic mass is 10.3. The molecule has 31 heavy (non-hydrogen) atoms. The number of halogens is 1. The van der Waals surface area contributed by atoms with Gasteiger partial charge in [-0.1, -0.05) is 6.92 Å². The van der Waals surface area contributed by atoms with Crippen LogP contribution in [-0.4, -0.2) is 48.2 Å². The Morgan fingerprint density at radius 3 is 2.61 bits per heavy atom. The third-order valence-electron chi connectivity index (χ3n) is 4.44. The van der Waals surface area contributed by atoms with Crippen molar-refractivity contribution < 1.29 is 13.2 Å². The molecule has 1 aromatic carbocycles. The van der Waals surface area contributed by atoms with Crippen LogP contribution < -0.4 is 10.0 Å². The van der Waals surface area contributed by atoms with Crippen LogP contribution in [0.15, 0.2) is 47.6 Å². The Bertz CT molecular complexity index is 1100. The maximum absolute atomic E-state index is 12.3. The Labute approximate surface area is 186 Å². The summed E-state index contributed by atoms with van der Waals surface area (Å²) in [5.41, 5.74) is 2.25. The fourth-order valence-electron chi connectivity index (χ4n) is 2.97. The lowest BCUT2D eigenvalue weighted by Crippen LogP contribution is -2.27. The first-order valence-electron chi connectivity index (χ1n) is 9.78. The number of aromatic nitrogens is 4. The van der Waals surface area contributed by atoms with Gasteiger partial charge < -0.3 is 14.6 Å². The topological polar surface area (TPSA) is 111 Å². The molecule has 0 saturated carbocycles. The van der Waals surface area contributed by atoms with E-state index in [1.165, 1.54) is 19.2 Å². The highest BCUT2D eigenvalue weighted by molar-refractivity contribution is 7.89. The highest BCUT2D eigenvalue weighted by atomic mass is 35.5. The summed E-state index contributed by atoms with van der Waals surface area (Å²) >= 11 is 6.01. The molecule has 2 N–H and O–H groups in total. The average Bonchev–Trinajstić information content (AvgIpc) is 3.17. The zero-order chi connectivity index (χ0) is 22.3. The van der Waals surface area contributed by atoms with Crippen LogP contribution in [0.1, 0.15) is 19.2 Å². The van der Waals surface area contributed by atoms with Crippen molar-refractivity contribution >= 4 is 33.3 Å². The fraction of sp³-hybridized carbons (Fsp3) is 0.350. The molecule has 0 fully saturated rings. The molecule has 0 spiro atoms. The normalized spacial score (nSPS) is 11.6. The Balaban J connectivity index is 1.77. The molecule has 9 nitrogen and oxygen atoms in total. The molecule has 0 atom stereocenters. The number of imidazole rings is 1. The lowest BCUT2D eigenvalue weighted by molar-refractivity contribution is 0.204. The van der Waals surface area contributed by atoms with E-state index in [0.717, 1.165) is 30.2 Å². The van der Waals surface area contributed by atoms with Gasteiger partial charge in [0.15, 0.2) is 0 Å². The van der Waals surface area contributed by atoms with E-state index in [9.17, 15) is 8.42 Å². The van der Waals surface area contributed by atoms with Gasteiger partial charge in [0, 0.05) is 32.1 Å². The Morgan fingerprint density at radius 2 is 1.94 bits per heavy atom. The van der Waals surface area contributed by atoms with E-state index in [-0.39, 0.29) is 11.4 Å². The van der Waals surface area contributed by atoms with Crippen LogP contribution in [-0.2, 0) is 27.2 Å². The minimum absolute atomic E-state index is 0.167. The van der Waals surface area contributed by atoms with Crippen LogP contribution in [0.5, 0.6) is 0 Å². The first-order chi connectivity index (χ1) is 15.0. The monoisotopic (exact) mass is 464 g/mol. The van der Waals surface area contributed by atoms with Gasteiger partial charge in [-0.05, 0) is 36.8 Å². The number of hydrogen-bond donors (Lipinski definition) is 2. The molecule has 0 aliphatic rings. The average molecular weight is 465 g/mol. The Kier molecular flexibility index (Phi) is 7.97. The van der Waals surface area contributed by atoms with Gasteiger partial charge in [-0.3, -0.25) is 0 Å². The van der Waals surface area contributed by atoms with Crippen molar-refractivity contribution in [2.75, 3.05) is 25.6 Å². The van der Waals surface area contributed by atoms with Gasteiger partial charge in [-0.15, -0.1) is 11.6 Å². The number of ether oxygens (including phenoxy) is 1. The van der Waals surface area contributed by atoms with Crippen molar-refractivity contribution in [3.63, 3.8) is 0 Å². The van der Waals surface area contributed by atoms with Gasteiger partial charge in [0.05, 0.1) is 35.0 Å². The van der Waals surface area contributed by atoms with Crippen molar-refractivity contribution in [2.24, 2.45) is 0 Å². The highest BCUT2D eigenvalue weighted by Crippen LogP contribution is 2.23. The third kappa shape index (κ3) is 5.79. The molecule has 0 aliphatic carbocycles. The first-order valence-corrected chi connectivity index (χ1v) is 11.8. The molecular formula is C20H25ClN6O3S. The summed E-state index contributed by atoms with van der Waals surface area (Å²) in [6.45, 7) is 3.39. The predicted molar refractivity (Wildman–Crippen MR) is 120 cm³/mol. The number of benzene rings is 1. The minimum atomic E-state index is -3.58. The molecule has 0 saturated heterocycles. The van der Waals surface area contributed by atoms with Crippen molar-refractivity contribution in [3.05, 3.63) is 48.5 Å². The summed E-state index contributed by atoms with van der Waals surface area (Å²) in [6, 6.07) is 8.17. The Hall–Kier alpha value is -2.53. The van der Waals surface area contributed by atoms with Gasteiger partial charge in [-0.2, -0.15) is 0 Å². The van der Waals surface area contributed by atoms with Gasteiger partial charge in [0.2, 0.25) is 16.0 Å². The maximum Gasteiger partial charge on any atom is 0.240 e. The SMILES string of the molecule is CCCn1c(-c2ccnc(Nc3ccc(S(=O)(=O)NCCOC)cc3)n2)cnc1CCl. The van der Waals surface area contributed by atoms with Crippen LogP contribution in [0.2, 0.25) is 0 Å². The van der Waals surface area contributed by atoms with Crippen LogP contribution in [0.25, 0.3) is 11.4 Å². The van der Waals surface area contributed by atoms with E-state index in [2.05, 4.69) is 36.5 Å². The number of nitrogens with one attached hydrogen (secondary N) is 2. The van der Waals surface area contributed by atoms with Crippen molar-refractivity contribution in [2.45, 2.75) is 30.7 Å². The van der Waals surface area contributed by atoms with Crippen molar-refractivity contribution in [3.8, 4) is 11.4 Å². The number of methoxy groups -OCH3 is 1. The number of alkyl halides is 1. The number of sulfonamides is 1. The van der Waals surface area contributed by atoms with E-state index in [1.807, 2.05) is 6.07 Å². The summed E-state index contributed by atoms with van der Waals surface area (Å²) in [4.78, 5) is 13.4.